The largest absolute Gasteiger partial charge is 0.481 e. The summed E-state index contributed by atoms with van der Waals surface area (Å²) in [6.07, 6.45) is 1.30. The molecule has 0 heterocycles. The first-order valence-corrected chi connectivity index (χ1v) is 4.94. The third-order valence-corrected chi connectivity index (χ3v) is 2.49. The van der Waals surface area contributed by atoms with Crippen LogP contribution in [0.2, 0.25) is 0 Å². The summed E-state index contributed by atoms with van der Waals surface area (Å²) in [6.45, 7) is 7.59. The number of carbonyl (C=O) groups is 2. The molecule has 82 valence electrons. The van der Waals surface area contributed by atoms with E-state index in [4.69, 9.17) is 5.11 Å². The zero-order valence-electron chi connectivity index (χ0n) is 9.46. The molecular formula is C11H20O3. The van der Waals surface area contributed by atoms with Crippen LogP contribution in [0.4, 0.5) is 0 Å². The van der Waals surface area contributed by atoms with E-state index in [-0.39, 0.29) is 23.5 Å². The van der Waals surface area contributed by atoms with Gasteiger partial charge in [-0.2, -0.15) is 0 Å². The first kappa shape index (κ1) is 13.1. The molecule has 1 N–H and O–H groups in total. The highest BCUT2D eigenvalue weighted by Crippen LogP contribution is 2.32. The number of hydrogen-bond donors (Lipinski definition) is 1. The monoisotopic (exact) mass is 200 g/mol. The predicted octanol–water partition coefficient (Wildman–Crippen LogP) is 2.49. The van der Waals surface area contributed by atoms with Crippen molar-refractivity contribution >= 4 is 11.8 Å². The van der Waals surface area contributed by atoms with Crippen molar-refractivity contribution in [1.82, 2.24) is 0 Å². The van der Waals surface area contributed by atoms with Gasteiger partial charge < -0.3 is 9.90 Å². The maximum atomic E-state index is 10.8. The van der Waals surface area contributed by atoms with Crippen LogP contribution in [0.5, 0.6) is 0 Å². The Morgan fingerprint density at radius 3 is 2.07 bits per heavy atom. The minimum absolute atomic E-state index is 0.0478. The average Bonchev–Trinajstić information content (AvgIpc) is 1.94. The van der Waals surface area contributed by atoms with Crippen molar-refractivity contribution in [3.8, 4) is 0 Å². The molecule has 0 aromatic carbocycles. The fourth-order valence-electron chi connectivity index (χ4n) is 1.43. The van der Waals surface area contributed by atoms with Gasteiger partial charge in [-0.05, 0) is 24.7 Å². The highest BCUT2D eigenvalue weighted by Gasteiger charge is 2.26. The molecule has 0 aromatic heterocycles. The molecule has 1 atom stereocenters. The molecule has 0 amide bonds. The van der Waals surface area contributed by atoms with Gasteiger partial charge >= 0.3 is 5.97 Å². The zero-order chi connectivity index (χ0) is 11.4. The molecule has 0 rings (SSSR count). The lowest BCUT2D eigenvalue weighted by Crippen LogP contribution is -2.24. The number of rotatable bonds is 5. The van der Waals surface area contributed by atoms with Crippen LogP contribution >= 0.6 is 0 Å². The van der Waals surface area contributed by atoms with Crippen molar-refractivity contribution in [2.24, 2.45) is 11.3 Å². The van der Waals surface area contributed by atoms with Crippen molar-refractivity contribution in [3.63, 3.8) is 0 Å². The van der Waals surface area contributed by atoms with Gasteiger partial charge in [0.05, 0.1) is 0 Å². The number of carboxylic acid groups (broad SMARTS) is 1. The first-order valence-electron chi connectivity index (χ1n) is 4.94. The molecule has 0 aliphatic carbocycles. The van der Waals surface area contributed by atoms with Gasteiger partial charge in [-0.25, -0.2) is 0 Å². The smallest absolute Gasteiger partial charge is 0.303 e. The minimum atomic E-state index is -0.784. The molecule has 14 heavy (non-hydrogen) atoms. The second kappa shape index (κ2) is 5.13. The van der Waals surface area contributed by atoms with E-state index in [0.717, 1.165) is 0 Å². The summed E-state index contributed by atoms with van der Waals surface area (Å²) in [5.41, 5.74) is -0.0478. The van der Waals surface area contributed by atoms with Gasteiger partial charge in [0.1, 0.15) is 5.78 Å². The van der Waals surface area contributed by atoms with Crippen LogP contribution < -0.4 is 0 Å². The molecule has 3 heteroatoms. The lowest BCUT2D eigenvalue weighted by Gasteiger charge is -2.29. The van der Waals surface area contributed by atoms with Crippen LogP contribution in [-0.4, -0.2) is 16.9 Å². The van der Waals surface area contributed by atoms with Crippen LogP contribution in [0.1, 0.15) is 47.0 Å². The van der Waals surface area contributed by atoms with Gasteiger partial charge in [0, 0.05) is 12.8 Å². The number of Topliss-reactive ketones (excluding diaryl/α,β-unsaturated/α-hetero) is 1. The number of ketones is 1. The summed E-state index contributed by atoms with van der Waals surface area (Å²) in [7, 11) is 0. The molecular weight excluding hydrogens is 180 g/mol. The van der Waals surface area contributed by atoms with E-state index in [0.29, 0.717) is 12.8 Å². The van der Waals surface area contributed by atoms with Crippen molar-refractivity contribution in [1.29, 1.82) is 0 Å². The van der Waals surface area contributed by atoms with E-state index < -0.39 is 5.97 Å². The minimum Gasteiger partial charge on any atom is -0.481 e. The lowest BCUT2D eigenvalue weighted by atomic mass is 9.76. The molecule has 0 fully saturated rings. The zero-order valence-corrected chi connectivity index (χ0v) is 9.46. The molecule has 0 spiro atoms. The van der Waals surface area contributed by atoms with Gasteiger partial charge in [0.2, 0.25) is 0 Å². The maximum Gasteiger partial charge on any atom is 0.303 e. The van der Waals surface area contributed by atoms with E-state index in [1.165, 1.54) is 0 Å². The topological polar surface area (TPSA) is 54.4 Å². The van der Waals surface area contributed by atoms with E-state index in [1.54, 1.807) is 6.92 Å². The van der Waals surface area contributed by atoms with Crippen molar-refractivity contribution < 1.29 is 14.7 Å². The first-order chi connectivity index (χ1) is 6.23. The second-order valence-corrected chi connectivity index (χ2v) is 4.90. The summed E-state index contributed by atoms with van der Waals surface area (Å²) in [4.78, 5) is 21.4. The molecule has 0 unspecified atom stereocenters. The predicted molar refractivity (Wildman–Crippen MR) is 55.1 cm³/mol. The van der Waals surface area contributed by atoms with Gasteiger partial charge in [-0.15, -0.1) is 0 Å². The maximum absolute atomic E-state index is 10.8. The molecule has 3 nitrogen and oxygen atoms in total. The Hall–Kier alpha value is -0.860. The van der Waals surface area contributed by atoms with Gasteiger partial charge in [-0.3, -0.25) is 4.79 Å². The van der Waals surface area contributed by atoms with Crippen LogP contribution in [0.3, 0.4) is 0 Å². The van der Waals surface area contributed by atoms with Crippen molar-refractivity contribution in [2.75, 3.05) is 0 Å². The van der Waals surface area contributed by atoms with E-state index in [2.05, 4.69) is 0 Å². The molecule has 0 saturated heterocycles. The number of aliphatic carboxylic acids is 1. The molecule has 0 aromatic rings. The Bertz CT molecular complexity index is 213. The summed E-state index contributed by atoms with van der Waals surface area (Å²) in [5, 5.41) is 8.73. The van der Waals surface area contributed by atoms with Crippen LogP contribution in [0.25, 0.3) is 0 Å². The summed E-state index contributed by atoms with van der Waals surface area (Å²) in [5.74, 6) is -0.581. The van der Waals surface area contributed by atoms with Crippen LogP contribution in [0, 0.1) is 11.3 Å². The highest BCUT2D eigenvalue weighted by atomic mass is 16.4. The summed E-state index contributed by atoms with van der Waals surface area (Å²) in [6, 6.07) is 0. The van der Waals surface area contributed by atoms with E-state index in [1.807, 2.05) is 20.8 Å². The van der Waals surface area contributed by atoms with Crippen molar-refractivity contribution in [3.05, 3.63) is 0 Å². The third-order valence-electron chi connectivity index (χ3n) is 2.49. The molecule has 0 saturated carbocycles. The molecule has 0 radical (unpaired) electrons. The fraction of sp³-hybridized carbons (Fsp3) is 0.818. The van der Waals surface area contributed by atoms with Gasteiger partial charge in [0.15, 0.2) is 0 Å². The Morgan fingerprint density at radius 2 is 1.79 bits per heavy atom. The Kier molecular flexibility index (Phi) is 4.81. The molecule has 0 bridgehead atoms. The quantitative estimate of drug-likeness (QED) is 0.741. The Morgan fingerprint density at radius 1 is 1.29 bits per heavy atom. The Balaban J connectivity index is 4.26. The lowest BCUT2D eigenvalue weighted by molar-refractivity contribution is -0.139. The number of carboxylic acids is 1. The normalized spacial score (nSPS) is 13.7. The van der Waals surface area contributed by atoms with Gasteiger partial charge in [-0.1, -0.05) is 20.8 Å². The molecule has 0 aliphatic heterocycles. The average molecular weight is 200 g/mol. The van der Waals surface area contributed by atoms with Gasteiger partial charge in [0.25, 0.3) is 0 Å². The Labute approximate surface area is 85.5 Å². The SMILES string of the molecule is CC(=O)CC[C@@H](CC(=O)O)C(C)(C)C. The second-order valence-electron chi connectivity index (χ2n) is 4.90. The summed E-state index contributed by atoms with van der Waals surface area (Å²) >= 11 is 0. The van der Waals surface area contributed by atoms with Crippen molar-refractivity contribution in [2.45, 2.75) is 47.0 Å². The number of carbonyl (C=O) groups excluding carboxylic acids is 1. The third kappa shape index (κ3) is 5.73. The fourth-order valence-corrected chi connectivity index (χ4v) is 1.43. The van der Waals surface area contributed by atoms with Crippen LogP contribution in [0.15, 0.2) is 0 Å². The summed E-state index contributed by atoms with van der Waals surface area (Å²) < 4.78 is 0. The van der Waals surface area contributed by atoms with E-state index >= 15 is 0 Å². The van der Waals surface area contributed by atoms with Crippen LogP contribution in [-0.2, 0) is 9.59 Å². The molecule has 0 aliphatic rings. The number of hydrogen-bond acceptors (Lipinski definition) is 2. The van der Waals surface area contributed by atoms with E-state index in [9.17, 15) is 9.59 Å². The standard InChI is InChI=1S/C11H20O3/c1-8(12)5-6-9(7-10(13)14)11(2,3)4/h9H,5-7H2,1-4H3,(H,13,14)/t9-/m0/s1. The highest BCUT2D eigenvalue weighted by molar-refractivity contribution is 5.75.